The van der Waals surface area contributed by atoms with Gasteiger partial charge in [0.05, 0.1) is 6.61 Å². The van der Waals surface area contributed by atoms with Gasteiger partial charge in [-0.1, -0.05) is 29.8 Å². The Kier molecular flexibility index (Phi) is 4.46. The first-order valence-corrected chi connectivity index (χ1v) is 8.44. The Morgan fingerprint density at radius 1 is 1.32 bits per heavy atom. The van der Waals surface area contributed by atoms with E-state index in [-0.39, 0.29) is 0 Å². The van der Waals surface area contributed by atoms with Crippen molar-refractivity contribution in [1.82, 2.24) is 4.90 Å². The van der Waals surface area contributed by atoms with E-state index in [1.54, 1.807) is 0 Å². The van der Waals surface area contributed by atoms with Crippen LogP contribution in [0.2, 0.25) is 0 Å². The molecule has 19 heavy (non-hydrogen) atoms. The summed E-state index contributed by atoms with van der Waals surface area (Å²) in [5, 5.41) is 0. The lowest BCUT2D eigenvalue weighted by Crippen LogP contribution is -2.39. The van der Waals surface area contributed by atoms with Gasteiger partial charge in [0.25, 0.3) is 0 Å². The van der Waals surface area contributed by atoms with E-state index in [9.17, 15) is 0 Å². The first-order chi connectivity index (χ1) is 9.33. The fourth-order valence-corrected chi connectivity index (χ4v) is 4.17. The zero-order chi connectivity index (χ0) is 13.1. The van der Waals surface area contributed by atoms with Crippen molar-refractivity contribution in [2.24, 2.45) is 5.92 Å². The molecular formula is C16H23NOS. The van der Waals surface area contributed by atoms with Crippen LogP contribution in [0.1, 0.15) is 23.6 Å². The molecule has 2 fully saturated rings. The second-order valence-electron chi connectivity index (χ2n) is 5.73. The molecule has 2 nitrogen and oxygen atoms in total. The van der Waals surface area contributed by atoms with Crippen molar-refractivity contribution in [2.75, 3.05) is 37.8 Å². The molecule has 3 rings (SSSR count). The third kappa shape index (κ3) is 3.33. The molecule has 1 aromatic rings. The third-order valence-corrected chi connectivity index (χ3v) is 5.24. The Bertz CT molecular complexity index is 400. The maximum atomic E-state index is 5.52. The molecule has 1 aromatic carbocycles. The Hall–Kier alpha value is -0.510. The van der Waals surface area contributed by atoms with Crippen molar-refractivity contribution in [3.8, 4) is 0 Å². The minimum Gasteiger partial charge on any atom is -0.381 e. The van der Waals surface area contributed by atoms with Gasteiger partial charge in [0.1, 0.15) is 0 Å². The van der Waals surface area contributed by atoms with Crippen molar-refractivity contribution in [2.45, 2.75) is 19.4 Å². The summed E-state index contributed by atoms with van der Waals surface area (Å²) in [6.45, 7) is 6.51. The molecule has 0 amide bonds. The molecule has 0 unspecified atom stereocenters. The zero-order valence-electron chi connectivity index (χ0n) is 11.7. The maximum absolute atomic E-state index is 5.52. The van der Waals surface area contributed by atoms with Gasteiger partial charge in [0.2, 0.25) is 0 Å². The second-order valence-corrected chi connectivity index (χ2v) is 6.88. The summed E-state index contributed by atoms with van der Waals surface area (Å²) >= 11 is 2.09. The molecule has 3 heteroatoms. The van der Waals surface area contributed by atoms with Gasteiger partial charge >= 0.3 is 0 Å². The predicted molar refractivity (Wildman–Crippen MR) is 81.7 cm³/mol. The fraction of sp³-hybridized carbons (Fsp3) is 0.625. The monoisotopic (exact) mass is 277 g/mol. The third-order valence-electron chi connectivity index (χ3n) is 4.22. The molecule has 2 atom stereocenters. The van der Waals surface area contributed by atoms with E-state index in [2.05, 4.69) is 47.9 Å². The average molecular weight is 277 g/mol. The molecule has 2 saturated heterocycles. The summed E-state index contributed by atoms with van der Waals surface area (Å²) in [7, 11) is 0. The van der Waals surface area contributed by atoms with Crippen LogP contribution in [-0.2, 0) is 4.74 Å². The Morgan fingerprint density at radius 2 is 2.16 bits per heavy atom. The van der Waals surface area contributed by atoms with Crippen molar-refractivity contribution in [1.29, 1.82) is 0 Å². The van der Waals surface area contributed by atoms with Crippen LogP contribution in [0.5, 0.6) is 0 Å². The molecule has 0 aromatic heterocycles. The lowest BCUT2D eigenvalue weighted by molar-refractivity contribution is 0.152. The number of thioether (sulfide) groups is 1. The second kappa shape index (κ2) is 6.29. The summed E-state index contributed by atoms with van der Waals surface area (Å²) < 4.78 is 5.52. The normalized spacial score (nSPS) is 28.7. The summed E-state index contributed by atoms with van der Waals surface area (Å²) in [4.78, 5) is 2.68. The largest absolute Gasteiger partial charge is 0.381 e. The number of nitrogens with zero attached hydrogens (tertiary/aromatic N) is 1. The van der Waals surface area contributed by atoms with E-state index in [1.807, 2.05) is 0 Å². The van der Waals surface area contributed by atoms with Crippen LogP contribution in [-0.4, -0.2) is 42.7 Å². The molecule has 2 aliphatic rings. The van der Waals surface area contributed by atoms with Crippen LogP contribution in [0.15, 0.2) is 24.3 Å². The van der Waals surface area contributed by atoms with Crippen molar-refractivity contribution in [3.63, 3.8) is 0 Å². The van der Waals surface area contributed by atoms with Crippen LogP contribution >= 0.6 is 11.8 Å². The first kappa shape index (κ1) is 13.5. The number of benzene rings is 1. The molecule has 0 bridgehead atoms. The van der Waals surface area contributed by atoms with Gasteiger partial charge in [-0.25, -0.2) is 0 Å². The van der Waals surface area contributed by atoms with E-state index in [0.717, 1.165) is 19.1 Å². The van der Waals surface area contributed by atoms with Crippen LogP contribution < -0.4 is 0 Å². The standard InChI is InChI=1S/C16H23NOS/c1-13-2-4-15(5-3-13)16-12-19-9-7-17(16)10-14-6-8-18-11-14/h2-5,14,16H,6-12H2,1H3/t14-,16-/m1/s1. The van der Waals surface area contributed by atoms with E-state index < -0.39 is 0 Å². The molecule has 0 spiro atoms. The predicted octanol–water partition coefficient (Wildman–Crippen LogP) is 3.12. The molecule has 0 N–H and O–H groups in total. The number of hydrogen-bond donors (Lipinski definition) is 0. The Morgan fingerprint density at radius 3 is 2.89 bits per heavy atom. The number of aryl methyl sites for hydroxylation is 1. The summed E-state index contributed by atoms with van der Waals surface area (Å²) in [6.07, 6.45) is 1.24. The zero-order valence-corrected chi connectivity index (χ0v) is 12.5. The summed E-state index contributed by atoms with van der Waals surface area (Å²) in [6, 6.07) is 9.70. The average Bonchev–Trinajstić information content (AvgIpc) is 2.93. The number of ether oxygens (including phenoxy) is 1. The van der Waals surface area contributed by atoms with Gasteiger partial charge in [0.15, 0.2) is 0 Å². The minimum atomic E-state index is 0.597. The highest BCUT2D eigenvalue weighted by Gasteiger charge is 2.27. The molecule has 2 aliphatic heterocycles. The van der Waals surface area contributed by atoms with Crippen molar-refractivity contribution >= 4 is 11.8 Å². The van der Waals surface area contributed by atoms with Crippen molar-refractivity contribution in [3.05, 3.63) is 35.4 Å². The smallest absolute Gasteiger partial charge is 0.0507 e. The highest BCUT2D eigenvalue weighted by atomic mass is 32.2. The molecule has 0 radical (unpaired) electrons. The molecule has 104 valence electrons. The lowest BCUT2D eigenvalue weighted by Gasteiger charge is -2.37. The Balaban J connectivity index is 1.70. The van der Waals surface area contributed by atoms with Crippen LogP contribution in [0.4, 0.5) is 0 Å². The Labute approximate surface area is 120 Å². The van der Waals surface area contributed by atoms with Crippen molar-refractivity contribution < 1.29 is 4.74 Å². The molecule has 2 heterocycles. The molecule has 0 saturated carbocycles. The maximum Gasteiger partial charge on any atom is 0.0507 e. The summed E-state index contributed by atoms with van der Waals surface area (Å²) in [5.74, 6) is 3.25. The minimum absolute atomic E-state index is 0.597. The topological polar surface area (TPSA) is 12.5 Å². The van der Waals surface area contributed by atoms with Gasteiger partial charge in [-0.3, -0.25) is 4.90 Å². The first-order valence-electron chi connectivity index (χ1n) is 7.29. The van der Waals surface area contributed by atoms with Gasteiger partial charge in [-0.2, -0.15) is 11.8 Å². The fourth-order valence-electron chi connectivity index (χ4n) is 3.01. The number of rotatable bonds is 3. The van der Waals surface area contributed by atoms with Crippen LogP contribution in [0, 0.1) is 12.8 Å². The van der Waals surface area contributed by atoms with Gasteiger partial charge in [0, 0.05) is 37.2 Å². The molecular weight excluding hydrogens is 254 g/mol. The quantitative estimate of drug-likeness (QED) is 0.842. The van der Waals surface area contributed by atoms with E-state index in [1.165, 1.54) is 42.1 Å². The van der Waals surface area contributed by atoms with E-state index >= 15 is 0 Å². The van der Waals surface area contributed by atoms with E-state index in [4.69, 9.17) is 4.74 Å². The summed E-state index contributed by atoms with van der Waals surface area (Å²) in [5.41, 5.74) is 2.83. The molecule has 0 aliphatic carbocycles. The van der Waals surface area contributed by atoms with Gasteiger partial charge < -0.3 is 4.74 Å². The van der Waals surface area contributed by atoms with Crippen LogP contribution in [0.3, 0.4) is 0 Å². The van der Waals surface area contributed by atoms with Gasteiger partial charge in [-0.05, 0) is 24.8 Å². The lowest BCUT2D eigenvalue weighted by atomic mass is 10.0. The SMILES string of the molecule is Cc1ccc([C@H]2CSCCN2C[C@H]2CCOC2)cc1. The highest BCUT2D eigenvalue weighted by molar-refractivity contribution is 7.99. The van der Waals surface area contributed by atoms with Gasteiger partial charge in [-0.15, -0.1) is 0 Å². The van der Waals surface area contributed by atoms with E-state index in [0.29, 0.717) is 6.04 Å². The van der Waals surface area contributed by atoms with Crippen LogP contribution in [0.25, 0.3) is 0 Å². The highest BCUT2D eigenvalue weighted by Crippen LogP contribution is 2.31. The number of hydrogen-bond acceptors (Lipinski definition) is 3.